The van der Waals surface area contributed by atoms with E-state index in [9.17, 15) is 8.42 Å². The third kappa shape index (κ3) is 3.15. The average Bonchev–Trinajstić information content (AvgIpc) is 2.37. The molecule has 0 saturated carbocycles. The zero-order valence-corrected chi connectivity index (χ0v) is 12.2. The van der Waals surface area contributed by atoms with Gasteiger partial charge in [0.05, 0.1) is 12.8 Å². The van der Waals surface area contributed by atoms with E-state index in [1.54, 1.807) is 18.2 Å². The Morgan fingerprint density at radius 3 is 2.60 bits per heavy atom. The molecular weight excluding hydrogens is 300 g/mol. The molecule has 2 rings (SSSR count). The first-order valence-electron chi connectivity index (χ1n) is 5.64. The molecule has 2 aromatic carbocycles. The number of rotatable bonds is 4. The average molecular weight is 313 g/mol. The standard InChI is InChI=1S/C13H13ClN2O3S/c1-19-12-7-9(14)5-6-13(12)20(17,18)16-11-4-2-3-10(15)8-11/h2-8,16H,15H2,1H3. The van der Waals surface area contributed by atoms with Crippen molar-refractivity contribution in [3.63, 3.8) is 0 Å². The van der Waals surface area contributed by atoms with Crippen molar-refractivity contribution in [2.24, 2.45) is 0 Å². The lowest BCUT2D eigenvalue weighted by Crippen LogP contribution is -2.14. The minimum atomic E-state index is -3.78. The third-order valence-corrected chi connectivity index (χ3v) is 4.21. The second kappa shape index (κ2) is 5.60. The number of ether oxygens (including phenoxy) is 1. The maximum Gasteiger partial charge on any atom is 0.265 e. The van der Waals surface area contributed by atoms with E-state index >= 15 is 0 Å². The van der Waals surface area contributed by atoms with Crippen LogP contribution >= 0.6 is 11.6 Å². The van der Waals surface area contributed by atoms with Gasteiger partial charge < -0.3 is 10.5 Å². The largest absolute Gasteiger partial charge is 0.495 e. The van der Waals surface area contributed by atoms with Gasteiger partial charge in [0, 0.05) is 16.8 Å². The summed E-state index contributed by atoms with van der Waals surface area (Å²) in [5.74, 6) is 0.175. The predicted octanol–water partition coefficient (Wildman–Crippen LogP) is 2.73. The monoisotopic (exact) mass is 312 g/mol. The third-order valence-electron chi connectivity index (χ3n) is 2.55. The summed E-state index contributed by atoms with van der Waals surface area (Å²) in [5, 5.41) is 0.393. The van der Waals surface area contributed by atoms with Crippen molar-refractivity contribution in [3.05, 3.63) is 47.5 Å². The fourth-order valence-electron chi connectivity index (χ4n) is 1.68. The minimum absolute atomic E-state index is 0.00632. The van der Waals surface area contributed by atoms with Crippen LogP contribution in [0.1, 0.15) is 0 Å². The highest BCUT2D eigenvalue weighted by Crippen LogP contribution is 2.28. The van der Waals surface area contributed by atoms with E-state index in [-0.39, 0.29) is 10.6 Å². The molecule has 3 N–H and O–H groups in total. The van der Waals surface area contributed by atoms with Crippen molar-refractivity contribution in [3.8, 4) is 5.75 Å². The molecule has 2 aromatic rings. The van der Waals surface area contributed by atoms with Gasteiger partial charge in [0.15, 0.2) is 0 Å². The molecule has 0 aliphatic rings. The molecule has 0 aliphatic heterocycles. The Kier molecular flexibility index (Phi) is 4.06. The molecule has 0 atom stereocenters. The zero-order valence-electron chi connectivity index (χ0n) is 10.6. The number of hydrogen-bond acceptors (Lipinski definition) is 4. The summed E-state index contributed by atoms with van der Waals surface area (Å²) in [4.78, 5) is 0.00632. The first kappa shape index (κ1) is 14.5. The van der Waals surface area contributed by atoms with Crippen LogP contribution in [0.4, 0.5) is 11.4 Å². The minimum Gasteiger partial charge on any atom is -0.495 e. The van der Waals surface area contributed by atoms with Crippen molar-refractivity contribution in [1.82, 2.24) is 0 Å². The Balaban J connectivity index is 2.40. The van der Waals surface area contributed by atoms with Gasteiger partial charge in [0.25, 0.3) is 10.0 Å². The summed E-state index contributed by atoms with van der Waals surface area (Å²) in [5.41, 5.74) is 6.46. The number of methoxy groups -OCH3 is 1. The van der Waals surface area contributed by atoms with Crippen molar-refractivity contribution in [2.45, 2.75) is 4.90 Å². The van der Waals surface area contributed by atoms with E-state index in [0.29, 0.717) is 16.4 Å². The van der Waals surface area contributed by atoms with Gasteiger partial charge in [-0.3, -0.25) is 4.72 Å². The number of nitrogens with one attached hydrogen (secondary N) is 1. The summed E-state index contributed by atoms with van der Waals surface area (Å²) in [6.07, 6.45) is 0. The Bertz CT molecular complexity index is 732. The number of nitrogens with two attached hydrogens (primary N) is 1. The van der Waals surface area contributed by atoms with Crippen LogP contribution in [0.5, 0.6) is 5.75 Å². The second-order valence-electron chi connectivity index (χ2n) is 4.03. The Labute approximate surface area is 122 Å². The number of nitrogen functional groups attached to an aromatic ring is 1. The van der Waals surface area contributed by atoms with Crippen LogP contribution in [-0.2, 0) is 10.0 Å². The highest BCUT2D eigenvalue weighted by molar-refractivity contribution is 7.92. The van der Waals surface area contributed by atoms with Crippen LogP contribution in [0.25, 0.3) is 0 Å². The maximum absolute atomic E-state index is 12.3. The first-order chi connectivity index (χ1) is 9.42. The van der Waals surface area contributed by atoms with Gasteiger partial charge in [-0.15, -0.1) is 0 Å². The predicted molar refractivity (Wildman–Crippen MR) is 79.7 cm³/mol. The summed E-state index contributed by atoms with van der Waals surface area (Å²) in [6.45, 7) is 0. The number of hydrogen-bond donors (Lipinski definition) is 2. The van der Waals surface area contributed by atoms with Gasteiger partial charge in [-0.2, -0.15) is 0 Å². The Morgan fingerprint density at radius 2 is 1.95 bits per heavy atom. The SMILES string of the molecule is COc1cc(Cl)ccc1S(=O)(=O)Nc1cccc(N)c1. The molecule has 106 valence electrons. The number of halogens is 1. The normalized spacial score (nSPS) is 11.1. The molecule has 0 aliphatic carbocycles. The summed E-state index contributed by atoms with van der Waals surface area (Å²) >= 11 is 5.81. The molecular formula is C13H13ClN2O3S. The lowest BCUT2D eigenvalue weighted by atomic mass is 10.3. The van der Waals surface area contributed by atoms with E-state index in [1.165, 1.54) is 31.4 Å². The highest BCUT2D eigenvalue weighted by atomic mass is 35.5. The smallest absolute Gasteiger partial charge is 0.265 e. The summed E-state index contributed by atoms with van der Waals surface area (Å²) in [6, 6.07) is 10.8. The van der Waals surface area contributed by atoms with Crippen LogP contribution in [0.2, 0.25) is 5.02 Å². The quantitative estimate of drug-likeness (QED) is 0.851. The van der Waals surface area contributed by atoms with Gasteiger partial charge in [0.1, 0.15) is 10.6 Å². The Hall–Kier alpha value is -1.92. The molecule has 0 heterocycles. The van der Waals surface area contributed by atoms with E-state index in [0.717, 1.165) is 0 Å². The van der Waals surface area contributed by atoms with E-state index in [1.807, 2.05) is 0 Å². The van der Waals surface area contributed by atoms with Gasteiger partial charge in [-0.25, -0.2) is 8.42 Å². The number of benzene rings is 2. The van der Waals surface area contributed by atoms with Crippen molar-refractivity contribution >= 4 is 33.0 Å². The first-order valence-corrected chi connectivity index (χ1v) is 7.50. The van der Waals surface area contributed by atoms with Gasteiger partial charge in [-0.1, -0.05) is 17.7 Å². The topological polar surface area (TPSA) is 81.4 Å². The maximum atomic E-state index is 12.3. The number of sulfonamides is 1. The van der Waals surface area contributed by atoms with E-state index in [2.05, 4.69) is 4.72 Å². The summed E-state index contributed by atoms with van der Waals surface area (Å²) < 4.78 is 32.1. The molecule has 5 nitrogen and oxygen atoms in total. The number of anilines is 2. The molecule has 0 bridgehead atoms. The van der Waals surface area contributed by atoms with Gasteiger partial charge >= 0.3 is 0 Å². The lowest BCUT2D eigenvalue weighted by molar-refractivity contribution is 0.403. The zero-order chi connectivity index (χ0) is 14.8. The fourth-order valence-corrected chi connectivity index (χ4v) is 3.04. The molecule has 0 saturated heterocycles. The summed E-state index contributed by atoms with van der Waals surface area (Å²) in [7, 11) is -2.40. The molecule has 0 spiro atoms. The molecule has 0 fully saturated rings. The molecule has 0 aromatic heterocycles. The van der Waals surface area contributed by atoms with E-state index < -0.39 is 10.0 Å². The van der Waals surface area contributed by atoms with Gasteiger partial charge in [0.2, 0.25) is 0 Å². The molecule has 0 amide bonds. The van der Waals surface area contributed by atoms with Crippen LogP contribution in [-0.4, -0.2) is 15.5 Å². The van der Waals surface area contributed by atoms with Crippen molar-refractivity contribution in [1.29, 1.82) is 0 Å². The van der Waals surface area contributed by atoms with Crippen molar-refractivity contribution in [2.75, 3.05) is 17.6 Å². The van der Waals surface area contributed by atoms with Crippen LogP contribution < -0.4 is 15.2 Å². The molecule has 20 heavy (non-hydrogen) atoms. The lowest BCUT2D eigenvalue weighted by Gasteiger charge is -2.12. The van der Waals surface area contributed by atoms with Crippen LogP contribution in [0.15, 0.2) is 47.4 Å². The highest BCUT2D eigenvalue weighted by Gasteiger charge is 2.19. The molecule has 0 radical (unpaired) electrons. The van der Waals surface area contributed by atoms with Crippen LogP contribution in [0.3, 0.4) is 0 Å². The van der Waals surface area contributed by atoms with E-state index in [4.69, 9.17) is 22.1 Å². The molecule has 7 heteroatoms. The van der Waals surface area contributed by atoms with Gasteiger partial charge in [-0.05, 0) is 30.3 Å². The second-order valence-corrected chi connectivity index (χ2v) is 6.11. The van der Waals surface area contributed by atoms with Crippen molar-refractivity contribution < 1.29 is 13.2 Å². The van der Waals surface area contributed by atoms with Crippen LogP contribution in [0, 0.1) is 0 Å². The molecule has 0 unspecified atom stereocenters. The Morgan fingerprint density at radius 1 is 1.20 bits per heavy atom. The fraction of sp³-hybridized carbons (Fsp3) is 0.0769.